The Balaban J connectivity index is 1.78. The summed E-state index contributed by atoms with van der Waals surface area (Å²) in [6, 6.07) is 7.87. The normalized spacial score (nSPS) is 14.3. The maximum atomic E-state index is 6.31. The molecule has 5 nitrogen and oxygen atoms in total. The number of imidazole rings is 1. The van der Waals surface area contributed by atoms with Crippen LogP contribution in [-0.4, -0.2) is 36.7 Å². The van der Waals surface area contributed by atoms with Gasteiger partial charge in [0, 0.05) is 30.6 Å². The summed E-state index contributed by atoms with van der Waals surface area (Å²) in [6.07, 6.45) is 7.30. The van der Waals surface area contributed by atoms with Crippen LogP contribution in [0, 0.1) is 0 Å². The van der Waals surface area contributed by atoms with Crippen LogP contribution < -0.4 is 14.8 Å². The average Bonchev–Trinajstić information content (AvgIpc) is 3.11. The fourth-order valence-corrected chi connectivity index (χ4v) is 3.50. The molecule has 26 heavy (non-hydrogen) atoms. The molecule has 0 fully saturated rings. The molecule has 4 rings (SSSR count). The highest BCUT2D eigenvalue weighted by Crippen LogP contribution is 2.38. The monoisotopic (exact) mass is 369 g/mol. The number of pyridine rings is 1. The van der Waals surface area contributed by atoms with Crippen molar-refractivity contribution in [1.29, 1.82) is 0 Å². The maximum Gasteiger partial charge on any atom is 0.141 e. The van der Waals surface area contributed by atoms with Crippen molar-refractivity contribution in [3.8, 4) is 22.8 Å². The fourth-order valence-electron chi connectivity index (χ4n) is 3.26. The van der Waals surface area contributed by atoms with Crippen LogP contribution in [0.3, 0.4) is 0 Å². The predicted molar refractivity (Wildman–Crippen MR) is 104 cm³/mol. The van der Waals surface area contributed by atoms with Gasteiger partial charge in [0.05, 0.1) is 24.9 Å². The lowest BCUT2D eigenvalue weighted by Crippen LogP contribution is -2.20. The van der Waals surface area contributed by atoms with Gasteiger partial charge in [0.15, 0.2) is 0 Å². The van der Waals surface area contributed by atoms with Crippen LogP contribution in [0.1, 0.15) is 12.0 Å². The number of halogens is 1. The first-order valence-corrected chi connectivity index (χ1v) is 8.88. The molecular formula is C20H20ClN3O2. The Bertz CT molecular complexity index is 994. The van der Waals surface area contributed by atoms with Gasteiger partial charge in [-0.3, -0.25) is 0 Å². The molecule has 3 aromatic rings. The molecule has 0 atom stereocenters. The quantitative estimate of drug-likeness (QED) is 0.753. The van der Waals surface area contributed by atoms with Crippen LogP contribution in [0.4, 0.5) is 0 Å². The van der Waals surface area contributed by atoms with Crippen molar-refractivity contribution in [3.05, 3.63) is 53.3 Å². The van der Waals surface area contributed by atoms with Gasteiger partial charge in [-0.05, 0) is 42.3 Å². The Morgan fingerprint density at radius 3 is 2.73 bits per heavy atom. The SMILES string of the molecule is COc1cc(OC)c(-c2cn3ccc(C4=CCNCC4)cc3n2)cc1Cl. The number of aromatic nitrogens is 2. The van der Waals surface area contributed by atoms with Crippen molar-refractivity contribution >= 4 is 22.8 Å². The molecule has 3 heterocycles. The molecule has 0 saturated heterocycles. The molecule has 0 aliphatic carbocycles. The van der Waals surface area contributed by atoms with Crippen molar-refractivity contribution in [2.45, 2.75) is 6.42 Å². The minimum atomic E-state index is 0.529. The molecule has 0 bridgehead atoms. The summed E-state index contributed by atoms with van der Waals surface area (Å²) in [5.74, 6) is 1.26. The number of benzene rings is 1. The van der Waals surface area contributed by atoms with E-state index >= 15 is 0 Å². The van der Waals surface area contributed by atoms with Crippen LogP contribution in [0.5, 0.6) is 11.5 Å². The summed E-state index contributed by atoms with van der Waals surface area (Å²) >= 11 is 6.31. The summed E-state index contributed by atoms with van der Waals surface area (Å²) in [5.41, 5.74) is 5.12. The van der Waals surface area contributed by atoms with Gasteiger partial charge in [0.2, 0.25) is 0 Å². The van der Waals surface area contributed by atoms with E-state index in [0.717, 1.165) is 36.4 Å². The van der Waals surface area contributed by atoms with Crippen molar-refractivity contribution in [3.63, 3.8) is 0 Å². The zero-order chi connectivity index (χ0) is 18.1. The summed E-state index contributed by atoms with van der Waals surface area (Å²) in [4.78, 5) is 4.78. The summed E-state index contributed by atoms with van der Waals surface area (Å²) in [6.45, 7) is 1.93. The van der Waals surface area contributed by atoms with Gasteiger partial charge in [-0.1, -0.05) is 17.7 Å². The molecule has 0 radical (unpaired) electrons. The molecule has 1 aromatic carbocycles. The molecule has 0 unspecified atom stereocenters. The third-order valence-corrected chi connectivity index (χ3v) is 4.94. The first kappa shape index (κ1) is 16.9. The smallest absolute Gasteiger partial charge is 0.141 e. The molecule has 1 aliphatic rings. The molecular weight excluding hydrogens is 350 g/mol. The molecule has 1 N–H and O–H groups in total. The van der Waals surface area contributed by atoms with E-state index in [2.05, 4.69) is 23.5 Å². The lowest BCUT2D eigenvalue weighted by molar-refractivity contribution is 0.395. The van der Waals surface area contributed by atoms with Gasteiger partial charge in [0.1, 0.15) is 17.1 Å². The molecule has 0 amide bonds. The molecule has 2 aromatic heterocycles. The van der Waals surface area contributed by atoms with Gasteiger partial charge in [-0.25, -0.2) is 4.98 Å². The first-order chi connectivity index (χ1) is 12.7. The van der Waals surface area contributed by atoms with E-state index < -0.39 is 0 Å². The molecule has 6 heteroatoms. The largest absolute Gasteiger partial charge is 0.496 e. The Morgan fingerprint density at radius 2 is 2.00 bits per heavy atom. The van der Waals surface area contributed by atoms with Gasteiger partial charge in [0.25, 0.3) is 0 Å². The molecule has 134 valence electrons. The first-order valence-electron chi connectivity index (χ1n) is 8.50. The van der Waals surface area contributed by atoms with Gasteiger partial charge in [-0.15, -0.1) is 0 Å². The van der Waals surface area contributed by atoms with Crippen LogP contribution >= 0.6 is 11.6 Å². The minimum absolute atomic E-state index is 0.529. The van der Waals surface area contributed by atoms with E-state index in [1.54, 1.807) is 20.3 Å². The topological polar surface area (TPSA) is 47.8 Å². The molecule has 0 spiro atoms. The highest BCUT2D eigenvalue weighted by Gasteiger charge is 2.15. The van der Waals surface area contributed by atoms with Crippen molar-refractivity contribution in [1.82, 2.24) is 14.7 Å². The number of hydrogen-bond acceptors (Lipinski definition) is 4. The number of methoxy groups -OCH3 is 2. The van der Waals surface area contributed by atoms with Crippen molar-refractivity contribution < 1.29 is 9.47 Å². The standard InChI is InChI=1S/C20H20ClN3O2/c1-25-18-11-19(26-2)16(21)10-15(18)17-12-24-8-5-14(9-20(24)23-17)13-3-6-22-7-4-13/h3,5,8-12,22H,4,6-7H2,1-2H3. The zero-order valence-corrected chi connectivity index (χ0v) is 15.5. The third kappa shape index (κ3) is 3.04. The van der Waals surface area contributed by atoms with Crippen LogP contribution in [0.2, 0.25) is 5.02 Å². The van der Waals surface area contributed by atoms with Gasteiger partial charge >= 0.3 is 0 Å². The predicted octanol–water partition coefficient (Wildman–Crippen LogP) is 4.05. The second-order valence-electron chi connectivity index (χ2n) is 6.18. The number of rotatable bonds is 4. The number of hydrogen-bond donors (Lipinski definition) is 1. The summed E-state index contributed by atoms with van der Waals surface area (Å²) in [5, 5.41) is 3.87. The van der Waals surface area contributed by atoms with E-state index in [1.807, 2.05) is 22.9 Å². The Labute approximate surface area is 157 Å². The van der Waals surface area contributed by atoms with Crippen molar-refractivity contribution in [2.24, 2.45) is 0 Å². The number of ether oxygens (including phenoxy) is 2. The Kier molecular flexibility index (Phi) is 4.57. The second-order valence-corrected chi connectivity index (χ2v) is 6.58. The van der Waals surface area contributed by atoms with E-state index in [0.29, 0.717) is 16.5 Å². The number of nitrogens with one attached hydrogen (secondary N) is 1. The number of fused-ring (bicyclic) bond motifs is 1. The van der Waals surface area contributed by atoms with E-state index in [4.69, 9.17) is 26.1 Å². The average molecular weight is 370 g/mol. The maximum absolute atomic E-state index is 6.31. The van der Waals surface area contributed by atoms with Crippen LogP contribution in [0.25, 0.3) is 22.5 Å². The second kappa shape index (κ2) is 7.02. The third-order valence-electron chi connectivity index (χ3n) is 4.64. The van der Waals surface area contributed by atoms with E-state index in [1.165, 1.54) is 11.1 Å². The van der Waals surface area contributed by atoms with Crippen molar-refractivity contribution in [2.75, 3.05) is 27.3 Å². The summed E-state index contributed by atoms with van der Waals surface area (Å²) < 4.78 is 12.8. The zero-order valence-electron chi connectivity index (χ0n) is 14.8. The van der Waals surface area contributed by atoms with Gasteiger partial charge in [-0.2, -0.15) is 0 Å². The van der Waals surface area contributed by atoms with E-state index in [9.17, 15) is 0 Å². The van der Waals surface area contributed by atoms with Crippen LogP contribution in [0.15, 0.2) is 42.7 Å². The highest BCUT2D eigenvalue weighted by atomic mass is 35.5. The minimum Gasteiger partial charge on any atom is -0.496 e. The number of nitrogens with zero attached hydrogens (tertiary/aromatic N) is 2. The molecule has 0 saturated carbocycles. The lowest BCUT2D eigenvalue weighted by Gasteiger charge is -2.14. The summed E-state index contributed by atoms with van der Waals surface area (Å²) in [7, 11) is 3.21. The Morgan fingerprint density at radius 1 is 1.15 bits per heavy atom. The fraction of sp³-hybridized carbons (Fsp3) is 0.250. The lowest BCUT2D eigenvalue weighted by atomic mass is 10.0. The Hall–Kier alpha value is -2.50. The van der Waals surface area contributed by atoms with Gasteiger partial charge < -0.3 is 19.2 Å². The molecule has 1 aliphatic heterocycles. The van der Waals surface area contributed by atoms with Crippen LogP contribution in [-0.2, 0) is 0 Å². The highest BCUT2D eigenvalue weighted by molar-refractivity contribution is 6.32. The van der Waals surface area contributed by atoms with E-state index in [-0.39, 0.29) is 0 Å².